The van der Waals surface area contributed by atoms with E-state index in [0.717, 1.165) is 24.3 Å². The van der Waals surface area contributed by atoms with Crippen LogP contribution in [-0.4, -0.2) is 19.1 Å². The lowest BCUT2D eigenvalue weighted by Gasteiger charge is -2.29. The molecule has 1 unspecified atom stereocenters. The lowest BCUT2D eigenvalue weighted by atomic mass is 9.83. The Morgan fingerprint density at radius 3 is 2.63 bits per heavy atom. The summed E-state index contributed by atoms with van der Waals surface area (Å²) in [6.07, 6.45) is 5.76. The first-order valence-corrected chi connectivity index (χ1v) is 6.91. The third-order valence-corrected chi connectivity index (χ3v) is 3.85. The molecule has 1 aliphatic rings. The van der Waals surface area contributed by atoms with Crippen molar-refractivity contribution in [3.63, 3.8) is 0 Å². The Bertz CT molecular complexity index is 428. The lowest BCUT2D eigenvalue weighted by molar-refractivity contribution is -0.120. The molecular formula is C15H22N2O2. The van der Waals surface area contributed by atoms with E-state index >= 15 is 0 Å². The van der Waals surface area contributed by atoms with Gasteiger partial charge in [0.1, 0.15) is 11.8 Å². The monoisotopic (exact) mass is 262 g/mol. The number of carbonyl (C=O) groups is 1. The number of nitrogens with two attached hydrogens (primary N) is 1. The highest BCUT2D eigenvalue weighted by Gasteiger charge is 2.28. The highest BCUT2D eigenvalue weighted by Crippen LogP contribution is 2.30. The predicted octanol–water partition coefficient (Wildman–Crippen LogP) is 2.54. The maximum atomic E-state index is 11.7. The zero-order valence-electron chi connectivity index (χ0n) is 11.4. The van der Waals surface area contributed by atoms with Gasteiger partial charge >= 0.3 is 0 Å². The first-order chi connectivity index (χ1) is 9.22. The van der Waals surface area contributed by atoms with Crippen molar-refractivity contribution in [2.24, 2.45) is 11.7 Å². The van der Waals surface area contributed by atoms with Crippen LogP contribution >= 0.6 is 0 Å². The van der Waals surface area contributed by atoms with Gasteiger partial charge in [0.15, 0.2) is 0 Å². The Morgan fingerprint density at radius 1 is 1.32 bits per heavy atom. The van der Waals surface area contributed by atoms with E-state index in [-0.39, 0.29) is 11.9 Å². The molecule has 1 saturated carbocycles. The highest BCUT2D eigenvalue weighted by atomic mass is 16.5. The van der Waals surface area contributed by atoms with Crippen LogP contribution in [0.4, 0.5) is 5.69 Å². The molecule has 1 aromatic carbocycles. The van der Waals surface area contributed by atoms with Crippen LogP contribution in [0.2, 0.25) is 0 Å². The fourth-order valence-corrected chi connectivity index (χ4v) is 2.82. The van der Waals surface area contributed by atoms with Crippen molar-refractivity contribution in [1.82, 2.24) is 0 Å². The van der Waals surface area contributed by atoms with Crippen LogP contribution < -0.4 is 15.8 Å². The third kappa shape index (κ3) is 3.40. The molecule has 0 bridgehead atoms. The predicted molar refractivity (Wildman–Crippen MR) is 76.2 cm³/mol. The van der Waals surface area contributed by atoms with Crippen molar-refractivity contribution in [2.75, 3.05) is 12.4 Å². The Kier molecular flexibility index (Phi) is 4.66. The first-order valence-electron chi connectivity index (χ1n) is 6.91. The van der Waals surface area contributed by atoms with E-state index in [9.17, 15) is 4.79 Å². The molecule has 0 spiro atoms. The van der Waals surface area contributed by atoms with E-state index in [2.05, 4.69) is 5.32 Å². The summed E-state index contributed by atoms with van der Waals surface area (Å²) in [5, 5.41) is 3.27. The number of para-hydroxylation sites is 2. The van der Waals surface area contributed by atoms with E-state index in [0.29, 0.717) is 5.92 Å². The van der Waals surface area contributed by atoms with E-state index in [1.807, 2.05) is 24.3 Å². The number of ether oxygens (including phenoxy) is 1. The fraction of sp³-hybridized carbons (Fsp3) is 0.533. The number of methoxy groups -OCH3 is 1. The van der Waals surface area contributed by atoms with Crippen LogP contribution in [0.25, 0.3) is 0 Å². The molecule has 1 fully saturated rings. The van der Waals surface area contributed by atoms with Crippen molar-refractivity contribution >= 4 is 11.6 Å². The Balaban J connectivity index is 2.13. The molecule has 1 aliphatic carbocycles. The normalized spacial score (nSPS) is 17.7. The van der Waals surface area contributed by atoms with Gasteiger partial charge in [-0.1, -0.05) is 31.4 Å². The number of benzene rings is 1. The number of rotatable bonds is 5. The second-order valence-electron chi connectivity index (χ2n) is 5.12. The topological polar surface area (TPSA) is 64.3 Å². The smallest absolute Gasteiger partial charge is 0.240 e. The summed E-state index contributed by atoms with van der Waals surface area (Å²) >= 11 is 0. The standard InChI is InChI=1S/C15H22N2O2/c1-19-13-10-6-5-9-12(13)17-14(15(16)18)11-7-3-2-4-8-11/h5-6,9-11,14,17H,2-4,7-8H2,1H3,(H2,16,18). The van der Waals surface area contributed by atoms with E-state index in [1.165, 1.54) is 19.3 Å². The number of nitrogens with one attached hydrogen (secondary N) is 1. The maximum Gasteiger partial charge on any atom is 0.240 e. The summed E-state index contributed by atoms with van der Waals surface area (Å²) in [6.45, 7) is 0. The highest BCUT2D eigenvalue weighted by molar-refractivity contribution is 5.84. The van der Waals surface area contributed by atoms with Gasteiger partial charge in [-0.25, -0.2) is 0 Å². The van der Waals surface area contributed by atoms with Crippen LogP contribution in [0.15, 0.2) is 24.3 Å². The number of anilines is 1. The van der Waals surface area contributed by atoms with E-state index < -0.39 is 0 Å². The molecule has 3 N–H and O–H groups in total. The molecule has 0 saturated heterocycles. The number of amides is 1. The summed E-state index contributed by atoms with van der Waals surface area (Å²) in [7, 11) is 1.63. The average molecular weight is 262 g/mol. The largest absolute Gasteiger partial charge is 0.495 e. The Hall–Kier alpha value is -1.71. The molecule has 1 atom stereocenters. The molecule has 0 aromatic heterocycles. The van der Waals surface area contributed by atoms with Gasteiger partial charge in [0.25, 0.3) is 0 Å². The zero-order valence-corrected chi connectivity index (χ0v) is 11.4. The van der Waals surface area contributed by atoms with Gasteiger partial charge in [-0.05, 0) is 30.9 Å². The lowest BCUT2D eigenvalue weighted by Crippen LogP contribution is -2.42. The molecule has 2 rings (SSSR count). The maximum absolute atomic E-state index is 11.7. The molecule has 1 amide bonds. The van der Waals surface area contributed by atoms with Crippen LogP contribution in [0.3, 0.4) is 0 Å². The van der Waals surface area contributed by atoms with Crippen molar-refractivity contribution in [3.8, 4) is 5.75 Å². The number of primary amides is 1. The molecule has 1 aromatic rings. The SMILES string of the molecule is COc1ccccc1NC(C(N)=O)C1CCCCC1. The van der Waals surface area contributed by atoms with Crippen LogP contribution in [0.1, 0.15) is 32.1 Å². The van der Waals surface area contributed by atoms with Crippen molar-refractivity contribution in [2.45, 2.75) is 38.1 Å². The summed E-state index contributed by atoms with van der Waals surface area (Å²) in [5.41, 5.74) is 6.40. The second kappa shape index (κ2) is 6.45. The Labute approximate surface area is 114 Å². The van der Waals surface area contributed by atoms with Gasteiger partial charge in [-0.15, -0.1) is 0 Å². The quantitative estimate of drug-likeness (QED) is 0.857. The molecule has 0 radical (unpaired) electrons. The molecule has 19 heavy (non-hydrogen) atoms. The van der Waals surface area contributed by atoms with Gasteiger partial charge in [0, 0.05) is 0 Å². The number of hydrogen-bond acceptors (Lipinski definition) is 3. The third-order valence-electron chi connectivity index (χ3n) is 3.85. The minimum atomic E-state index is -0.309. The number of hydrogen-bond donors (Lipinski definition) is 2. The van der Waals surface area contributed by atoms with Gasteiger partial charge in [0.05, 0.1) is 12.8 Å². The van der Waals surface area contributed by atoms with E-state index in [4.69, 9.17) is 10.5 Å². The van der Waals surface area contributed by atoms with Crippen molar-refractivity contribution < 1.29 is 9.53 Å². The van der Waals surface area contributed by atoms with Gasteiger partial charge in [0.2, 0.25) is 5.91 Å². The van der Waals surface area contributed by atoms with Crippen LogP contribution in [0, 0.1) is 5.92 Å². The van der Waals surface area contributed by atoms with Crippen LogP contribution in [-0.2, 0) is 4.79 Å². The van der Waals surface area contributed by atoms with Gasteiger partial charge in [-0.2, -0.15) is 0 Å². The summed E-state index contributed by atoms with van der Waals surface area (Å²) in [6, 6.07) is 7.31. The van der Waals surface area contributed by atoms with Crippen molar-refractivity contribution in [1.29, 1.82) is 0 Å². The zero-order chi connectivity index (χ0) is 13.7. The average Bonchev–Trinajstić information content (AvgIpc) is 2.45. The minimum Gasteiger partial charge on any atom is -0.495 e. The molecule has 104 valence electrons. The molecule has 4 heteroatoms. The van der Waals surface area contributed by atoms with E-state index in [1.54, 1.807) is 7.11 Å². The Morgan fingerprint density at radius 2 is 2.00 bits per heavy atom. The number of carbonyl (C=O) groups excluding carboxylic acids is 1. The second-order valence-corrected chi connectivity index (χ2v) is 5.12. The molecule has 4 nitrogen and oxygen atoms in total. The van der Waals surface area contributed by atoms with Gasteiger partial charge < -0.3 is 15.8 Å². The molecular weight excluding hydrogens is 240 g/mol. The molecule has 0 heterocycles. The first kappa shape index (κ1) is 13.7. The van der Waals surface area contributed by atoms with Crippen LogP contribution in [0.5, 0.6) is 5.75 Å². The minimum absolute atomic E-state index is 0.280. The summed E-state index contributed by atoms with van der Waals surface area (Å²) in [5.74, 6) is 0.790. The molecule has 0 aliphatic heterocycles. The summed E-state index contributed by atoms with van der Waals surface area (Å²) < 4.78 is 5.30. The van der Waals surface area contributed by atoms with Gasteiger partial charge in [-0.3, -0.25) is 4.79 Å². The van der Waals surface area contributed by atoms with Crippen molar-refractivity contribution in [3.05, 3.63) is 24.3 Å². The fourth-order valence-electron chi connectivity index (χ4n) is 2.82. The summed E-state index contributed by atoms with van der Waals surface area (Å²) in [4.78, 5) is 11.7.